The Morgan fingerprint density at radius 3 is 2.48 bits per heavy atom. The van der Waals surface area contributed by atoms with Gasteiger partial charge in [0.2, 0.25) is 0 Å². The van der Waals surface area contributed by atoms with Crippen molar-refractivity contribution in [2.45, 2.75) is 0 Å². The molecule has 0 unspecified atom stereocenters. The number of phenolic OH excluding ortho intramolecular Hbond substituents is 1. The molecule has 1 aromatic heterocycles. The molecule has 25 heavy (non-hydrogen) atoms. The molecule has 0 radical (unpaired) electrons. The van der Waals surface area contributed by atoms with Gasteiger partial charge in [0.25, 0.3) is 5.56 Å². The number of phenols is 1. The normalized spacial score (nSPS) is 11.0. The third-order valence-electron chi connectivity index (χ3n) is 3.52. The minimum atomic E-state index is -0.414. The zero-order valence-corrected chi connectivity index (χ0v) is 13.6. The minimum Gasteiger partial charge on any atom is -0.508 e. The Morgan fingerprint density at radius 1 is 0.960 bits per heavy atom. The molecular weight excluding hydrogens is 324 g/mol. The molecule has 0 spiro atoms. The Kier molecular flexibility index (Phi) is 4.51. The van der Waals surface area contributed by atoms with Gasteiger partial charge in [0.1, 0.15) is 5.75 Å². The predicted molar refractivity (Wildman–Crippen MR) is 92.2 cm³/mol. The highest BCUT2D eigenvalue weighted by molar-refractivity contribution is 5.72. The van der Waals surface area contributed by atoms with Crippen LogP contribution in [0, 0.1) is 0 Å². The first-order valence-electron chi connectivity index (χ1n) is 7.36. The van der Waals surface area contributed by atoms with E-state index >= 15 is 0 Å². The molecule has 3 aromatic rings. The Morgan fingerprint density at radius 2 is 1.76 bits per heavy atom. The lowest BCUT2D eigenvalue weighted by atomic mass is 10.1. The van der Waals surface area contributed by atoms with Crippen molar-refractivity contribution in [1.29, 1.82) is 0 Å². The Hall–Kier alpha value is -3.55. The molecule has 0 amide bonds. The summed E-state index contributed by atoms with van der Waals surface area (Å²) in [5.74, 6) is 1.17. The topological polar surface area (TPSA) is 112 Å². The number of nitrogens with zero attached hydrogens (tertiary/aromatic N) is 2. The number of H-pyrrole nitrogens is 2. The summed E-state index contributed by atoms with van der Waals surface area (Å²) in [6.45, 7) is 0. The number of benzene rings is 2. The van der Waals surface area contributed by atoms with Gasteiger partial charge in [-0.25, -0.2) is 0 Å². The summed E-state index contributed by atoms with van der Waals surface area (Å²) in [6.07, 6.45) is 0. The first-order chi connectivity index (χ1) is 12.1. The SMILES string of the molecule is COc1ccc(N=Nc2c(-c3cccc(O)c3)[nH][nH]c2=O)cc1OC. The molecule has 0 aliphatic heterocycles. The summed E-state index contributed by atoms with van der Waals surface area (Å²) in [6, 6.07) is 11.5. The number of methoxy groups -OCH3 is 2. The first kappa shape index (κ1) is 16.3. The van der Waals surface area contributed by atoms with Gasteiger partial charge in [-0.2, -0.15) is 5.11 Å². The van der Waals surface area contributed by atoms with E-state index in [9.17, 15) is 9.90 Å². The van der Waals surface area contributed by atoms with E-state index < -0.39 is 5.56 Å². The van der Waals surface area contributed by atoms with E-state index in [4.69, 9.17) is 9.47 Å². The fraction of sp³-hybridized carbons (Fsp3) is 0.118. The van der Waals surface area contributed by atoms with Gasteiger partial charge < -0.3 is 14.6 Å². The van der Waals surface area contributed by atoms with E-state index in [0.29, 0.717) is 28.4 Å². The number of azo groups is 1. The Balaban J connectivity index is 1.97. The zero-order chi connectivity index (χ0) is 17.8. The van der Waals surface area contributed by atoms with Gasteiger partial charge in [0.15, 0.2) is 17.2 Å². The number of rotatable bonds is 5. The van der Waals surface area contributed by atoms with Crippen LogP contribution in [-0.4, -0.2) is 29.5 Å². The molecular formula is C17H16N4O4. The predicted octanol–water partition coefficient (Wildman–Crippen LogP) is 3.51. The number of aromatic amines is 2. The summed E-state index contributed by atoms with van der Waals surface area (Å²) >= 11 is 0. The molecule has 0 atom stereocenters. The van der Waals surface area contributed by atoms with Crippen LogP contribution in [0.25, 0.3) is 11.3 Å². The fourth-order valence-corrected chi connectivity index (χ4v) is 2.31. The van der Waals surface area contributed by atoms with Crippen LogP contribution in [-0.2, 0) is 0 Å². The van der Waals surface area contributed by atoms with Crippen LogP contribution in [0.3, 0.4) is 0 Å². The average molecular weight is 340 g/mol. The Labute approximate surface area is 142 Å². The lowest BCUT2D eigenvalue weighted by molar-refractivity contribution is 0.355. The second-order valence-electron chi connectivity index (χ2n) is 5.09. The largest absolute Gasteiger partial charge is 0.508 e. The summed E-state index contributed by atoms with van der Waals surface area (Å²) in [4.78, 5) is 12.0. The lowest BCUT2D eigenvalue weighted by Gasteiger charge is -2.06. The van der Waals surface area contributed by atoms with Crippen molar-refractivity contribution in [1.82, 2.24) is 10.2 Å². The standard InChI is InChI=1S/C17H16N4O4/c1-24-13-7-6-11(9-14(13)25-2)18-20-16-15(19-21-17(16)23)10-4-3-5-12(22)8-10/h3-9,22H,1-2H3,(H2,19,21,23). The van der Waals surface area contributed by atoms with Gasteiger partial charge >= 0.3 is 0 Å². The van der Waals surface area contributed by atoms with Gasteiger partial charge in [-0.05, 0) is 24.3 Å². The van der Waals surface area contributed by atoms with Crippen LogP contribution >= 0.6 is 0 Å². The highest BCUT2D eigenvalue weighted by Gasteiger charge is 2.12. The monoisotopic (exact) mass is 340 g/mol. The van der Waals surface area contributed by atoms with Gasteiger partial charge in [0.05, 0.1) is 25.6 Å². The molecule has 1 heterocycles. The molecule has 0 bridgehead atoms. The molecule has 0 saturated heterocycles. The zero-order valence-electron chi connectivity index (χ0n) is 13.6. The van der Waals surface area contributed by atoms with Gasteiger partial charge in [-0.1, -0.05) is 12.1 Å². The number of nitrogens with one attached hydrogen (secondary N) is 2. The van der Waals surface area contributed by atoms with Gasteiger partial charge in [-0.3, -0.25) is 15.0 Å². The van der Waals surface area contributed by atoms with Crippen molar-refractivity contribution in [2.75, 3.05) is 14.2 Å². The van der Waals surface area contributed by atoms with E-state index in [1.165, 1.54) is 13.2 Å². The highest BCUT2D eigenvalue weighted by atomic mass is 16.5. The maximum atomic E-state index is 12.0. The third-order valence-corrected chi connectivity index (χ3v) is 3.52. The van der Waals surface area contributed by atoms with Crippen LogP contribution in [0.5, 0.6) is 17.2 Å². The maximum absolute atomic E-state index is 12.0. The van der Waals surface area contributed by atoms with Crippen molar-refractivity contribution >= 4 is 11.4 Å². The number of aromatic hydroxyl groups is 1. The Bertz CT molecular complexity index is 975. The maximum Gasteiger partial charge on any atom is 0.292 e. The molecule has 0 saturated carbocycles. The lowest BCUT2D eigenvalue weighted by Crippen LogP contribution is -1.96. The average Bonchev–Trinajstić information content (AvgIpc) is 3.00. The van der Waals surface area contributed by atoms with Crippen molar-refractivity contribution in [3.05, 3.63) is 52.8 Å². The second kappa shape index (κ2) is 6.91. The molecule has 8 heteroatoms. The molecule has 0 aliphatic rings. The number of ether oxygens (including phenoxy) is 2. The molecule has 8 nitrogen and oxygen atoms in total. The van der Waals surface area contributed by atoms with Crippen LogP contribution < -0.4 is 15.0 Å². The summed E-state index contributed by atoms with van der Waals surface area (Å²) < 4.78 is 10.4. The van der Waals surface area contributed by atoms with Crippen molar-refractivity contribution in [2.24, 2.45) is 10.2 Å². The minimum absolute atomic E-state index is 0.0855. The van der Waals surface area contributed by atoms with Crippen molar-refractivity contribution < 1.29 is 14.6 Å². The van der Waals surface area contributed by atoms with E-state index in [-0.39, 0.29) is 11.4 Å². The van der Waals surface area contributed by atoms with E-state index in [0.717, 1.165) is 0 Å². The van der Waals surface area contributed by atoms with Gasteiger partial charge in [0, 0.05) is 11.6 Å². The molecule has 3 rings (SSSR count). The summed E-state index contributed by atoms with van der Waals surface area (Å²) in [7, 11) is 3.07. The van der Waals surface area contributed by atoms with E-state index in [1.807, 2.05) is 0 Å². The smallest absolute Gasteiger partial charge is 0.292 e. The molecule has 0 fully saturated rings. The van der Waals surface area contributed by atoms with Crippen LogP contribution in [0.2, 0.25) is 0 Å². The van der Waals surface area contributed by atoms with Crippen LogP contribution in [0.4, 0.5) is 11.4 Å². The summed E-state index contributed by atoms with van der Waals surface area (Å²) in [5.41, 5.74) is 1.24. The number of hydrogen-bond donors (Lipinski definition) is 3. The van der Waals surface area contributed by atoms with Crippen molar-refractivity contribution in [3.8, 4) is 28.5 Å². The van der Waals surface area contributed by atoms with E-state index in [2.05, 4.69) is 20.4 Å². The molecule has 128 valence electrons. The van der Waals surface area contributed by atoms with Gasteiger partial charge in [-0.15, -0.1) is 5.11 Å². The molecule has 0 aliphatic carbocycles. The molecule has 2 aromatic carbocycles. The fourth-order valence-electron chi connectivity index (χ4n) is 2.31. The second-order valence-corrected chi connectivity index (χ2v) is 5.09. The highest BCUT2D eigenvalue weighted by Crippen LogP contribution is 2.33. The quantitative estimate of drug-likeness (QED) is 0.617. The van der Waals surface area contributed by atoms with Crippen LogP contribution in [0.15, 0.2) is 57.5 Å². The summed E-state index contributed by atoms with van der Waals surface area (Å²) in [5, 5.41) is 23.0. The first-order valence-corrected chi connectivity index (χ1v) is 7.36. The number of aromatic nitrogens is 2. The third kappa shape index (κ3) is 3.37. The van der Waals surface area contributed by atoms with Crippen molar-refractivity contribution in [3.63, 3.8) is 0 Å². The number of hydrogen-bond acceptors (Lipinski definition) is 6. The van der Waals surface area contributed by atoms with Crippen LogP contribution in [0.1, 0.15) is 0 Å². The van der Waals surface area contributed by atoms with E-state index in [1.54, 1.807) is 43.5 Å². The molecule has 3 N–H and O–H groups in total.